The van der Waals surface area contributed by atoms with Crippen molar-refractivity contribution in [3.63, 3.8) is 0 Å². The third-order valence-corrected chi connectivity index (χ3v) is 5.38. The van der Waals surface area contributed by atoms with E-state index in [-0.39, 0.29) is 11.9 Å². The van der Waals surface area contributed by atoms with Crippen LogP contribution < -0.4 is 10.2 Å². The van der Waals surface area contributed by atoms with Gasteiger partial charge in [-0.15, -0.1) is 0 Å². The number of carbonyl (C=O) groups is 1. The van der Waals surface area contributed by atoms with Gasteiger partial charge in [-0.2, -0.15) is 0 Å². The van der Waals surface area contributed by atoms with Crippen LogP contribution in [0.2, 0.25) is 0 Å². The van der Waals surface area contributed by atoms with Crippen LogP contribution in [0.15, 0.2) is 72.8 Å². The summed E-state index contributed by atoms with van der Waals surface area (Å²) in [6.07, 6.45) is 1.60. The van der Waals surface area contributed by atoms with E-state index in [1.165, 1.54) is 22.3 Å². The van der Waals surface area contributed by atoms with Crippen molar-refractivity contribution in [2.75, 3.05) is 16.8 Å². The second kappa shape index (κ2) is 6.03. The molecule has 2 aliphatic rings. The fourth-order valence-corrected chi connectivity index (χ4v) is 4.16. The number of benzene rings is 3. The molecule has 0 atom stereocenters. The summed E-state index contributed by atoms with van der Waals surface area (Å²) in [6.45, 7) is 0.817. The fourth-order valence-electron chi connectivity index (χ4n) is 4.16. The van der Waals surface area contributed by atoms with Crippen LogP contribution in [0.25, 0.3) is 11.1 Å². The predicted molar refractivity (Wildman–Crippen MR) is 105 cm³/mol. The number of anilines is 2. The maximum absolute atomic E-state index is 12.1. The highest BCUT2D eigenvalue weighted by atomic mass is 16.2. The number of nitrogens with zero attached hydrogens (tertiary/aromatic N) is 1. The molecule has 1 saturated heterocycles. The average Bonchev–Trinajstić information content (AvgIpc) is 3.25. The molecule has 1 aliphatic carbocycles. The Bertz CT molecular complexity index is 949. The van der Waals surface area contributed by atoms with Gasteiger partial charge in [0.05, 0.1) is 6.04 Å². The standard InChI is InChI=1S/C23H20N2O/c26-22-13-6-14-25(22)17-8-5-7-16(15-17)24-23-20-11-3-1-9-18(20)19-10-2-4-12-21(19)23/h1-5,7-12,15,23-24H,6,13-14H2. The van der Waals surface area contributed by atoms with E-state index in [4.69, 9.17) is 0 Å². The molecule has 3 nitrogen and oxygen atoms in total. The Labute approximate surface area is 153 Å². The number of fused-ring (bicyclic) bond motifs is 3. The van der Waals surface area contributed by atoms with Crippen LogP contribution in [0, 0.1) is 0 Å². The van der Waals surface area contributed by atoms with Crippen molar-refractivity contribution in [2.45, 2.75) is 18.9 Å². The first-order chi connectivity index (χ1) is 12.8. The molecule has 0 unspecified atom stereocenters. The summed E-state index contributed by atoms with van der Waals surface area (Å²) in [7, 11) is 0. The number of rotatable bonds is 3. The Balaban J connectivity index is 1.51. The van der Waals surface area contributed by atoms with Gasteiger partial charge in [0, 0.05) is 24.3 Å². The van der Waals surface area contributed by atoms with E-state index in [0.29, 0.717) is 6.42 Å². The van der Waals surface area contributed by atoms with Crippen molar-refractivity contribution in [1.29, 1.82) is 0 Å². The van der Waals surface area contributed by atoms with Crippen molar-refractivity contribution in [2.24, 2.45) is 0 Å². The first-order valence-electron chi connectivity index (χ1n) is 9.16. The lowest BCUT2D eigenvalue weighted by atomic mass is 10.0. The normalized spacial score (nSPS) is 15.8. The van der Waals surface area contributed by atoms with E-state index in [0.717, 1.165) is 24.3 Å². The van der Waals surface area contributed by atoms with Gasteiger partial charge in [-0.1, -0.05) is 54.6 Å². The Morgan fingerprint density at radius 2 is 1.54 bits per heavy atom. The Morgan fingerprint density at radius 1 is 0.846 bits per heavy atom. The highest BCUT2D eigenvalue weighted by molar-refractivity contribution is 5.95. The quantitative estimate of drug-likeness (QED) is 0.728. The van der Waals surface area contributed by atoms with E-state index >= 15 is 0 Å². The monoisotopic (exact) mass is 340 g/mol. The zero-order valence-corrected chi connectivity index (χ0v) is 14.5. The first kappa shape index (κ1) is 15.2. The second-order valence-electron chi connectivity index (χ2n) is 6.95. The third-order valence-electron chi connectivity index (χ3n) is 5.38. The highest BCUT2D eigenvalue weighted by Gasteiger charge is 2.28. The lowest BCUT2D eigenvalue weighted by molar-refractivity contribution is -0.117. The Morgan fingerprint density at radius 3 is 2.19 bits per heavy atom. The van der Waals surface area contributed by atoms with Crippen molar-refractivity contribution in [1.82, 2.24) is 0 Å². The molecule has 1 heterocycles. The largest absolute Gasteiger partial charge is 0.374 e. The highest BCUT2D eigenvalue weighted by Crippen LogP contribution is 2.44. The van der Waals surface area contributed by atoms with Crippen LogP contribution in [-0.2, 0) is 4.79 Å². The van der Waals surface area contributed by atoms with Crippen LogP contribution in [0.1, 0.15) is 30.0 Å². The molecule has 3 aromatic rings. The molecule has 1 N–H and O–H groups in total. The zero-order chi connectivity index (χ0) is 17.5. The predicted octanol–water partition coefficient (Wildman–Crippen LogP) is 5.00. The third kappa shape index (κ3) is 2.39. The number of carbonyl (C=O) groups excluding carboxylic acids is 1. The van der Waals surface area contributed by atoms with Crippen molar-refractivity contribution >= 4 is 17.3 Å². The van der Waals surface area contributed by atoms with Gasteiger partial charge in [0.1, 0.15) is 0 Å². The maximum Gasteiger partial charge on any atom is 0.227 e. The number of hydrogen-bond donors (Lipinski definition) is 1. The van der Waals surface area contributed by atoms with Crippen molar-refractivity contribution < 1.29 is 4.79 Å². The van der Waals surface area contributed by atoms with Gasteiger partial charge in [-0.25, -0.2) is 0 Å². The lowest BCUT2D eigenvalue weighted by Gasteiger charge is -2.20. The molecule has 1 fully saturated rings. The molecule has 0 radical (unpaired) electrons. The van der Waals surface area contributed by atoms with Gasteiger partial charge in [-0.3, -0.25) is 4.79 Å². The van der Waals surface area contributed by atoms with Crippen LogP contribution >= 0.6 is 0 Å². The van der Waals surface area contributed by atoms with E-state index in [9.17, 15) is 4.79 Å². The van der Waals surface area contributed by atoms with Crippen molar-refractivity contribution in [3.8, 4) is 11.1 Å². The summed E-state index contributed by atoms with van der Waals surface area (Å²) >= 11 is 0. The van der Waals surface area contributed by atoms with Gasteiger partial charge >= 0.3 is 0 Å². The topological polar surface area (TPSA) is 32.3 Å². The molecule has 128 valence electrons. The molecule has 3 heteroatoms. The van der Waals surface area contributed by atoms with Gasteiger partial charge in [-0.05, 0) is 46.9 Å². The minimum absolute atomic E-state index is 0.131. The SMILES string of the molecule is O=C1CCCN1c1cccc(NC2c3ccccc3-c3ccccc32)c1. The smallest absolute Gasteiger partial charge is 0.227 e. The molecule has 1 aliphatic heterocycles. The summed E-state index contributed by atoms with van der Waals surface area (Å²) in [5.74, 6) is 0.221. The number of amides is 1. The summed E-state index contributed by atoms with van der Waals surface area (Å²) in [5, 5.41) is 3.69. The average molecular weight is 340 g/mol. The van der Waals surface area contributed by atoms with Gasteiger partial charge < -0.3 is 10.2 Å². The minimum Gasteiger partial charge on any atom is -0.374 e. The van der Waals surface area contributed by atoms with Gasteiger partial charge in [0.25, 0.3) is 0 Å². The van der Waals surface area contributed by atoms with E-state index < -0.39 is 0 Å². The maximum atomic E-state index is 12.1. The molecular formula is C23H20N2O. The molecule has 0 saturated carbocycles. The first-order valence-corrected chi connectivity index (χ1v) is 9.16. The number of hydrogen-bond acceptors (Lipinski definition) is 2. The van der Waals surface area contributed by atoms with E-state index in [1.54, 1.807) is 0 Å². The molecule has 3 aromatic carbocycles. The minimum atomic E-state index is 0.131. The number of nitrogens with one attached hydrogen (secondary N) is 1. The van der Waals surface area contributed by atoms with Crippen LogP contribution in [0.5, 0.6) is 0 Å². The van der Waals surface area contributed by atoms with E-state index in [2.05, 4.69) is 66.0 Å². The molecule has 0 bridgehead atoms. The summed E-state index contributed by atoms with van der Waals surface area (Å²) < 4.78 is 0. The Hall–Kier alpha value is -3.07. The zero-order valence-electron chi connectivity index (χ0n) is 14.5. The summed E-state index contributed by atoms with van der Waals surface area (Å²) in [5.41, 5.74) is 7.22. The van der Waals surface area contributed by atoms with Crippen molar-refractivity contribution in [3.05, 3.63) is 83.9 Å². The van der Waals surface area contributed by atoms with Gasteiger partial charge in [0.15, 0.2) is 0 Å². The molecule has 5 rings (SSSR count). The Kier molecular flexibility index (Phi) is 3.52. The van der Waals surface area contributed by atoms with Gasteiger partial charge in [0.2, 0.25) is 5.91 Å². The van der Waals surface area contributed by atoms with Crippen LogP contribution in [0.4, 0.5) is 11.4 Å². The lowest BCUT2D eigenvalue weighted by Crippen LogP contribution is -2.23. The van der Waals surface area contributed by atoms with E-state index in [1.807, 2.05) is 17.0 Å². The molecule has 0 aromatic heterocycles. The summed E-state index contributed by atoms with van der Waals surface area (Å²) in [4.78, 5) is 14.0. The summed E-state index contributed by atoms with van der Waals surface area (Å²) in [6, 6.07) is 25.5. The molecular weight excluding hydrogens is 320 g/mol. The molecule has 0 spiro atoms. The fraction of sp³-hybridized carbons (Fsp3) is 0.174. The molecule has 1 amide bonds. The van der Waals surface area contributed by atoms with Crippen LogP contribution in [-0.4, -0.2) is 12.5 Å². The van der Waals surface area contributed by atoms with Crippen LogP contribution in [0.3, 0.4) is 0 Å². The molecule has 26 heavy (non-hydrogen) atoms. The second-order valence-corrected chi connectivity index (χ2v) is 6.95.